The highest BCUT2D eigenvalue weighted by Crippen LogP contribution is 2.26. The molecule has 0 fully saturated rings. The molecule has 0 atom stereocenters. The predicted molar refractivity (Wildman–Crippen MR) is 111 cm³/mol. The Morgan fingerprint density at radius 2 is 2.03 bits per heavy atom. The lowest BCUT2D eigenvalue weighted by molar-refractivity contribution is -0.116. The molecule has 1 N–H and O–H groups in total. The van der Waals surface area contributed by atoms with Crippen LogP contribution in [0.1, 0.15) is 5.56 Å². The number of hydrogen-bond donors (Lipinski definition) is 1. The summed E-state index contributed by atoms with van der Waals surface area (Å²) < 4.78 is 34.2. The third kappa shape index (κ3) is 4.16. The maximum absolute atomic E-state index is 13.4. The van der Waals surface area contributed by atoms with Gasteiger partial charge in [0.05, 0.1) is 4.47 Å². The van der Waals surface area contributed by atoms with Gasteiger partial charge in [0.1, 0.15) is 23.9 Å². The fraction of sp³-hybridized carbons (Fsp3) is 0.0952. The van der Waals surface area contributed by atoms with Gasteiger partial charge in [-0.2, -0.15) is 4.98 Å². The van der Waals surface area contributed by atoms with Gasteiger partial charge >= 0.3 is 0 Å². The van der Waals surface area contributed by atoms with Gasteiger partial charge in [-0.1, -0.05) is 11.2 Å². The topological polar surface area (TPSA) is 73.0 Å². The number of benzene rings is 2. The number of anilines is 1. The molecule has 9 heteroatoms. The summed E-state index contributed by atoms with van der Waals surface area (Å²) in [7, 11) is 0. The second-order valence-corrected chi connectivity index (χ2v) is 7.44. The van der Waals surface area contributed by atoms with Gasteiger partial charge in [-0.25, -0.2) is 8.78 Å². The first-order valence-corrected chi connectivity index (χ1v) is 9.70. The van der Waals surface area contributed by atoms with Crippen molar-refractivity contribution in [3.63, 3.8) is 0 Å². The molecule has 0 radical (unpaired) electrons. The van der Waals surface area contributed by atoms with E-state index in [9.17, 15) is 13.6 Å². The molecule has 2 heterocycles. The fourth-order valence-corrected chi connectivity index (χ4v) is 3.28. The number of hydrogen-bond acceptors (Lipinski definition) is 4. The zero-order valence-corrected chi connectivity index (χ0v) is 17.3. The number of nitrogens with zero attached hydrogens (tertiary/aromatic N) is 3. The van der Waals surface area contributed by atoms with E-state index in [2.05, 4.69) is 31.4 Å². The van der Waals surface area contributed by atoms with Crippen LogP contribution in [0, 0.1) is 18.6 Å². The SMILES string of the molecule is Cc1ccc(F)cc1NC(=O)Cn1cccc1-c1nc(-c2ccc(F)c(Br)c2)no1. The van der Waals surface area contributed by atoms with Crippen molar-refractivity contribution in [3.05, 3.63) is 76.4 Å². The number of halogens is 3. The highest BCUT2D eigenvalue weighted by Gasteiger charge is 2.16. The van der Waals surface area contributed by atoms with Gasteiger partial charge in [0.25, 0.3) is 5.89 Å². The van der Waals surface area contributed by atoms with Crippen LogP contribution < -0.4 is 5.32 Å². The Morgan fingerprint density at radius 1 is 1.20 bits per heavy atom. The molecule has 2 aromatic carbocycles. The van der Waals surface area contributed by atoms with Crippen molar-refractivity contribution in [2.45, 2.75) is 13.5 Å². The molecule has 0 bridgehead atoms. The smallest absolute Gasteiger partial charge is 0.274 e. The predicted octanol–water partition coefficient (Wildman–Crippen LogP) is 5.19. The fourth-order valence-electron chi connectivity index (χ4n) is 2.90. The number of aromatic nitrogens is 3. The van der Waals surface area contributed by atoms with Crippen molar-refractivity contribution < 1.29 is 18.1 Å². The summed E-state index contributed by atoms with van der Waals surface area (Å²) in [6.07, 6.45) is 1.70. The minimum absolute atomic E-state index is 0.0297. The number of nitrogens with one attached hydrogen (secondary N) is 1. The molecular formula is C21H15BrF2N4O2. The van der Waals surface area contributed by atoms with Crippen LogP contribution in [0.15, 0.2) is 63.7 Å². The third-order valence-electron chi connectivity index (χ3n) is 4.44. The first-order valence-electron chi connectivity index (χ1n) is 8.91. The molecule has 0 spiro atoms. The Kier molecular flexibility index (Phi) is 5.45. The lowest BCUT2D eigenvalue weighted by Gasteiger charge is -2.10. The quantitative estimate of drug-likeness (QED) is 0.433. The standard InChI is InChI=1S/C21H15BrF2N4O2/c1-12-4-6-14(23)10-17(12)25-19(29)11-28-8-2-3-18(28)21-26-20(27-30-21)13-5-7-16(24)15(22)9-13/h2-10H,11H2,1H3,(H,25,29). The van der Waals surface area contributed by atoms with Crippen LogP contribution in [0.5, 0.6) is 0 Å². The molecule has 2 aromatic heterocycles. The lowest BCUT2D eigenvalue weighted by Crippen LogP contribution is -2.19. The van der Waals surface area contributed by atoms with Crippen LogP contribution >= 0.6 is 15.9 Å². The average Bonchev–Trinajstić information content (AvgIpc) is 3.36. The highest BCUT2D eigenvalue weighted by atomic mass is 79.9. The molecule has 0 aliphatic heterocycles. The Morgan fingerprint density at radius 3 is 2.83 bits per heavy atom. The molecule has 6 nitrogen and oxygen atoms in total. The first kappa shape index (κ1) is 20.0. The van der Waals surface area contributed by atoms with E-state index in [0.29, 0.717) is 27.2 Å². The highest BCUT2D eigenvalue weighted by molar-refractivity contribution is 9.10. The second kappa shape index (κ2) is 8.19. The number of carbonyl (C=O) groups is 1. The van der Waals surface area contributed by atoms with E-state index in [0.717, 1.165) is 5.56 Å². The summed E-state index contributed by atoms with van der Waals surface area (Å²) in [6.45, 7) is 1.75. The van der Waals surface area contributed by atoms with Crippen molar-refractivity contribution >= 4 is 27.5 Å². The van der Waals surface area contributed by atoms with E-state index >= 15 is 0 Å². The van der Waals surface area contributed by atoms with Crippen molar-refractivity contribution in [2.75, 3.05) is 5.32 Å². The van der Waals surface area contributed by atoms with Gasteiger partial charge in [0, 0.05) is 17.4 Å². The molecule has 0 saturated carbocycles. The van der Waals surface area contributed by atoms with Crippen LogP contribution in [0.4, 0.5) is 14.5 Å². The normalized spacial score (nSPS) is 10.9. The van der Waals surface area contributed by atoms with E-state index < -0.39 is 11.6 Å². The van der Waals surface area contributed by atoms with Crippen molar-refractivity contribution in [1.29, 1.82) is 0 Å². The zero-order chi connectivity index (χ0) is 21.3. The molecule has 0 saturated heterocycles. The number of carbonyl (C=O) groups excluding carboxylic acids is 1. The largest absolute Gasteiger partial charge is 0.334 e. The lowest BCUT2D eigenvalue weighted by atomic mass is 10.2. The van der Waals surface area contributed by atoms with Gasteiger partial charge < -0.3 is 14.4 Å². The van der Waals surface area contributed by atoms with Crippen LogP contribution in [-0.4, -0.2) is 20.6 Å². The number of amides is 1. The Labute approximate surface area is 178 Å². The number of aryl methyl sites for hydroxylation is 1. The van der Waals surface area contributed by atoms with Gasteiger partial charge in [-0.05, 0) is 70.9 Å². The zero-order valence-electron chi connectivity index (χ0n) is 15.7. The molecule has 4 aromatic rings. The maximum atomic E-state index is 13.4. The first-order chi connectivity index (χ1) is 14.4. The van der Waals surface area contributed by atoms with Gasteiger partial charge in [-0.3, -0.25) is 4.79 Å². The minimum Gasteiger partial charge on any atom is -0.334 e. The molecule has 152 valence electrons. The Bertz CT molecular complexity index is 1240. The molecule has 0 aliphatic carbocycles. The summed E-state index contributed by atoms with van der Waals surface area (Å²) in [5, 5.41) is 6.64. The second-order valence-electron chi connectivity index (χ2n) is 6.58. The Balaban J connectivity index is 1.53. The van der Waals surface area contributed by atoms with Crippen LogP contribution in [0.3, 0.4) is 0 Å². The van der Waals surface area contributed by atoms with Crippen LogP contribution in [0.25, 0.3) is 23.0 Å². The van der Waals surface area contributed by atoms with E-state index in [1.165, 1.54) is 18.2 Å². The average molecular weight is 473 g/mol. The van der Waals surface area contributed by atoms with Crippen molar-refractivity contribution in [2.24, 2.45) is 0 Å². The molecule has 0 aliphatic rings. The van der Waals surface area contributed by atoms with Crippen LogP contribution in [-0.2, 0) is 11.3 Å². The van der Waals surface area contributed by atoms with E-state index in [4.69, 9.17) is 4.52 Å². The van der Waals surface area contributed by atoms with Crippen LogP contribution in [0.2, 0.25) is 0 Å². The van der Waals surface area contributed by atoms with Crippen molar-refractivity contribution in [1.82, 2.24) is 14.7 Å². The van der Waals surface area contributed by atoms with E-state index in [1.807, 2.05) is 0 Å². The van der Waals surface area contributed by atoms with Gasteiger partial charge in [0.2, 0.25) is 11.7 Å². The molecule has 0 unspecified atom stereocenters. The van der Waals surface area contributed by atoms with Gasteiger partial charge in [-0.15, -0.1) is 0 Å². The molecule has 30 heavy (non-hydrogen) atoms. The van der Waals surface area contributed by atoms with Crippen molar-refractivity contribution in [3.8, 4) is 23.0 Å². The van der Waals surface area contributed by atoms with Gasteiger partial charge in [0.15, 0.2) is 0 Å². The third-order valence-corrected chi connectivity index (χ3v) is 5.05. The maximum Gasteiger partial charge on any atom is 0.274 e. The summed E-state index contributed by atoms with van der Waals surface area (Å²) >= 11 is 3.13. The van der Waals surface area contributed by atoms with E-state index in [-0.39, 0.29) is 18.3 Å². The minimum atomic E-state index is -0.427. The summed E-state index contributed by atoms with van der Waals surface area (Å²) in [5.74, 6) is -0.647. The number of rotatable bonds is 5. The molecule has 4 rings (SSSR count). The summed E-state index contributed by atoms with van der Waals surface area (Å²) in [6, 6.07) is 12.1. The Hall–Kier alpha value is -3.33. The molecular weight excluding hydrogens is 458 g/mol. The molecule has 1 amide bonds. The van der Waals surface area contributed by atoms with E-state index in [1.54, 1.807) is 48.0 Å². The summed E-state index contributed by atoms with van der Waals surface area (Å²) in [4.78, 5) is 16.8. The monoisotopic (exact) mass is 472 g/mol. The summed E-state index contributed by atoms with van der Waals surface area (Å²) in [5.41, 5.74) is 2.29.